The molecule has 0 radical (unpaired) electrons. The van der Waals surface area contributed by atoms with Crippen LogP contribution < -0.4 is 10.1 Å². The van der Waals surface area contributed by atoms with E-state index >= 15 is 0 Å². The largest absolute Gasteiger partial charge is 0.489 e. The van der Waals surface area contributed by atoms with E-state index in [9.17, 15) is 4.79 Å². The number of rotatable bonds is 8. The van der Waals surface area contributed by atoms with Gasteiger partial charge in [0.25, 0.3) is 5.91 Å². The Morgan fingerprint density at radius 3 is 2.26 bits per heavy atom. The number of halogens is 2. The Hall–Kier alpha value is -4.58. The zero-order valence-electron chi connectivity index (χ0n) is 23.6. The highest BCUT2D eigenvalue weighted by Crippen LogP contribution is 2.39. The molecule has 0 atom stereocenters. The first-order valence-corrected chi connectivity index (χ1v) is 14.7. The van der Waals surface area contributed by atoms with Gasteiger partial charge >= 0.3 is 0 Å². The Balaban J connectivity index is 1.21. The van der Waals surface area contributed by atoms with Crippen LogP contribution in [0.15, 0.2) is 114 Å². The Morgan fingerprint density at radius 1 is 0.837 bits per heavy atom. The zero-order chi connectivity index (χ0) is 29.9. The van der Waals surface area contributed by atoms with E-state index in [0.717, 1.165) is 38.9 Å². The molecule has 214 valence electrons. The summed E-state index contributed by atoms with van der Waals surface area (Å²) in [4.78, 5) is 12.7. The van der Waals surface area contributed by atoms with E-state index in [1.165, 1.54) is 0 Å². The zero-order valence-corrected chi connectivity index (χ0v) is 25.1. The second-order valence-electron chi connectivity index (χ2n) is 10.5. The van der Waals surface area contributed by atoms with Gasteiger partial charge in [0.05, 0.1) is 15.6 Å². The highest BCUT2D eigenvalue weighted by atomic mass is 35.5. The lowest BCUT2D eigenvalue weighted by molar-refractivity contribution is 0.102. The number of hydrogen-bond donors (Lipinski definition) is 1. The van der Waals surface area contributed by atoms with Gasteiger partial charge in [0, 0.05) is 28.1 Å². The van der Waals surface area contributed by atoms with Gasteiger partial charge in [-0.15, -0.1) is 0 Å². The van der Waals surface area contributed by atoms with Crippen molar-refractivity contribution in [3.05, 3.63) is 136 Å². The minimum Gasteiger partial charge on any atom is -0.489 e. The summed E-state index contributed by atoms with van der Waals surface area (Å²) >= 11 is 13.0. The molecule has 5 nitrogen and oxygen atoms in total. The summed E-state index contributed by atoms with van der Waals surface area (Å²) in [6.45, 7) is 4.34. The summed E-state index contributed by atoms with van der Waals surface area (Å²) < 4.78 is 11.9. The summed E-state index contributed by atoms with van der Waals surface area (Å²) in [6.07, 6.45) is 0. The van der Waals surface area contributed by atoms with E-state index in [1.807, 2.05) is 80.6 Å². The molecule has 1 aromatic heterocycles. The van der Waals surface area contributed by atoms with Crippen LogP contribution >= 0.6 is 23.2 Å². The van der Waals surface area contributed by atoms with E-state index in [-0.39, 0.29) is 18.4 Å². The Labute approximate surface area is 260 Å². The maximum absolute atomic E-state index is 12.7. The molecule has 1 N–H and O–H groups in total. The first-order chi connectivity index (χ1) is 20.9. The molecule has 0 saturated heterocycles. The van der Waals surface area contributed by atoms with Gasteiger partial charge < -0.3 is 14.6 Å². The molecule has 0 bridgehead atoms. The van der Waals surface area contributed by atoms with Crippen LogP contribution in [0.1, 0.15) is 41.4 Å². The second-order valence-corrected chi connectivity index (χ2v) is 11.3. The fourth-order valence-corrected chi connectivity index (χ4v) is 5.67. The van der Waals surface area contributed by atoms with Crippen molar-refractivity contribution in [2.75, 3.05) is 5.32 Å². The first kappa shape index (κ1) is 28.5. The van der Waals surface area contributed by atoms with E-state index in [4.69, 9.17) is 32.5 Å². The Morgan fingerprint density at radius 2 is 1.53 bits per heavy atom. The summed E-state index contributed by atoms with van der Waals surface area (Å²) in [5.74, 6) is 1.41. The van der Waals surface area contributed by atoms with Crippen molar-refractivity contribution >= 4 is 45.6 Å². The number of aromatic nitrogens is 1. The summed E-state index contributed by atoms with van der Waals surface area (Å²) in [5.41, 5.74) is 5.53. The van der Waals surface area contributed by atoms with Crippen LogP contribution in [0.25, 0.3) is 33.2 Å². The fraction of sp³-hybridized carbons (Fsp3) is 0.111. The van der Waals surface area contributed by atoms with Gasteiger partial charge in [-0.2, -0.15) is 0 Å². The fourth-order valence-electron chi connectivity index (χ4n) is 5.09. The molecular weight excluding hydrogens is 579 g/mol. The third kappa shape index (κ3) is 6.00. The number of fused-ring (bicyclic) bond motifs is 1. The van der Waals surface area contributed by atoms with Gasteiger partial charge in [-0.25, -0.2) is 0 Å². The van der Waals surface area contributed by atoms with Gasteiger partial charge in [-0.3, -0.25) is 4.79 Å². The van der Waals surface area contributed by atoms with Crippen LogP contribution in [0.4, 0.5) is 5.69 Å². The molecule has 0 aliphatic rings. The molecule has 1 heterocycles. The summed E-state index contributed by atoms with van der Waals surface area (Å²) in [6, 6.07) is 34.6. The van der Waals surface area contributed by atoms with Crippen molar-refractivity contribution in [2.45, 2.75) is 26.4 Å². The Kier molecular flexibility index (Phi) is 8.19. The monoisotopic (exact) mass is 606 g/mol. The molecule has 6 rings (SSSR count). The van der Waals surface area contributed by atoms with Crippen LogP contribution in [0.2, 0.25) is 10.0 Å². The van der Waals surface area contributed by atoms with E-state index < -0.39 is 0 Å². The number of nitrogens with one attached hydrogen (secondary N) is 1. The Bertz CT molecular complexity index is 1900. The lowest BCUT2D eigenvalue weighted by Crippen LogP contribution is -2.11. The molecule has 0 saturated carbocycles. The summed E-state index contributed by atoms with van der Waals surface area (Å²) in [5, 5.41) is 10.4. The van der Waals surface area contributed by atoms with Crippen molar-refractivity contribution < 1.29 is 14.1 Å². The van der Waals surface area contributed by atoms with Gasteiger partial charge in [-0.05, 0) is 65.0 Å². The highest BCUT2D eigenvalue weighted by molar-refractivity contribution is 6.39. The standard InChI is InChI=1S/C36H28Cl2N2O3/c1-22(2)35-29(34(40-43-35)33-30(37)11-7-12-31(33)38)21-42-27-17-14-23(15-18-27)25-16-19-28-26(20-25)10-6-13-32(28)39-36(41)24-8-4-3-5-9-24/h3-20,22H,21H2,1-2H3,(H,39,41). The number of benzene rings is 5. The molecule has 1 amide bonds. The molecule has 43 heavy (non-hydrogen) atoms. The molecule has 0 aliphatic heterocycles. The molecule has 0 aliphatic carbocycles. The smallest absolute Gasteiger partial charge is 0.255 e. The number of anilines is 1. The average molecular weight is 608 g/mol. The lowest BCUT2D eigenvalue weighted by atomic mass is 10.00. The molecule has 0 spiro atoms. The number of nitrogens with zero attached hydrogens (tertiary/aromatic N) is 1. The van der Waals surface area contributed by atoms with Crippen molar-refractivity contribution in [2.24, 2.45) is 0 Å². The number of carbonyl (C=O) groups is 1. The van der Waals surface area contributed by atoms with E-state index in [1.54, 1.807) is 30.3 Å². The van der Waals surface area contributed by atoms with E-state index in [2.05, 4.69) is 22.6 Å². The number of amides is 1. The molecule has 7 heteroatoms. The molecule has 5 aromatic carbocycles. The SMILES string of the molecule is CC(C)c1onc(-c2c(Cl)cccc2Cl)c1COc1ccc(-c2ccc3c(NC(=O)c4ccccc4)cccc3c2)cc1. The van der Waals surface area contributed by atoms with Gasteiger partial charge in [0.15, 0.2) is 0 Å². The molecule has 0 unspecified atom stereocenters. The summed E-state index contributed by atoms with van der Waals surface area (Å²) in [7, 11) is 0. The molecule has 6 aromatic rings. The maximum atomic E-state index is 12.7. The number of carbonyl (C=O) groups excluding carboxylic acids is 1. The second kappa shape index (κ2) is 12.3. The average Bonchev–Trinajstić information content (AvgIpc) is 3.44. The van der Waals surface area contributed by atoms with Gasteiger partial charge in [-0.1, -0.05) is 103 Å². The maximum Gasteiger partial charge on any atom is 0.255 e. The first-order valence-electron chi connectivity index (χ1n) is 13.9. The van der Waals surface area contributed by atoms with Crippen LogP contribution in [0, 0.1) is 0 Å². The highest BCUT2D eigenvalue weighted by Gasteiger charge is 2.24. The number of ether oxygens (including phenoxy) is 1. The van der Waals surface area contributed by atoms with Crippen LogP contribution in [0.5, 0.6) is 5.75 Å². The number of hydrogen-bond acceptors (Lipinski definition) is 4. The van der Waals surface area contributed by atoms with Gasteiger partial charge in [0.1, 0.15) is 23.8 Å². The van der Waals surface area contributed by atoms with Crippen molar-refractivity contribution in [3.63, 3.8) is 0 Å². The van der Waals surface area contributed by atoms with Crippen LogP contribution in [-0.2, 0) is 6.61 Å². The lowest BCUT2D eigenvalue weighted by Gasteiger charge is -2.12. The third-order valence-electron chi connectivity index (χ3n) is 7.28. The molecule has 0 fully saturated rings. The quantitative estimate of drug-likeness (QED) is 0.187. The van der Waals surface area contributed by atoms with Crippen LogP contribution in [-0.4, -0.2) is 11.1 Å². The van der Waals surface area contributed by atoms with Crippen molar-refractivity contribution in [3.8, 4) is 28.1 Å². The van der Waals surface area contributed by atoms with Crippen LogP contribution in [0.3, 0.4) is 0 Å². The minimum absolute atomic E-state index is 0.101. The minimum atomic E-state index is -0.137. The van der Waals surface area contributed by atoms with Crippen molar-refractivity contribution in [1.82, 2.24) is 5.16 Å². The topological polar surface area (TPSA) is 64.4 Å². The van der Waals surface area contributed by atoms with E-state index in [0.29, 0.717) is 32.6 Å². The van der Waals surface area contributed by atoms with Gasteiger partial charge in [0.2, 0.25) is 0 Å². The predicted octanol–water partition coefficient (Wildman–Crippen LogP) is 10.4. The third-order valence-corrected chi connectivity index (χ3v) is 7.91. The predicted molar refractivity (Wildman–Crippen MR) is 174 cm³/mol. The van der Waals surface area contributed by atoms with Crippen molar-refractivity contribution in [1.29, 1.82) is 0 Å². The molecular formula is C36H28Cl2N2O3. The normalized spacial score (nSPS) is 11.2.